The summed E-state index contributed by atoms with van der Waals surface area (Å²) in [5.74, 6) is 6.71. The van der Waals surface area contributed by atoms with E-state index < -0.39 is 0 Å². The van der Waals surface area contributed by atoms with Crippen molar-refractivity contribution in [2.24, 2.45) is 11.8 Å². The third-order valence-electron chi connectivity index (χ3n) is 3.09. The maximum atomic E-state index is 13.0. The smallest absolute Gasteiger partial charge is 0.138 e. The molecule has 0 aliphatic rings. The standard InChI is InChI=1S/C14H20FN5/c1-10(2)8-20-14(17-9-18-20)7-13(19-16)11-3-5-12(15)6-4-11/h3-6,9-10,13,19H,7-8,16H2,1-2H3. The Bertz CT molecular complexity index is 535. The van der Waals surface area contributed by atoms with Gasteiger partial charge in [-0.1, -0.05) is 26.0 Å². The monoisotopic (exact) mass is 277 g/mol. The average Bonchev–Trinajstić information content (AvgIpc) is 2.83. The van der Waals surface area contributed by atoms with E-state index in [-0.39, 0.29) is 11.9 Å². The van der Waals surface area contributed by atoms with Crippen LogP contribution in [0.1, 0.15) is 31.3 Å². The van der Waals surface area contributed by atoms with E-state index in [0.29, 0.717) is 12.3 Å². The van der Waals surface area contributed by atoms with Crippen LogP contribution in [0.25, 0.3) is 0 Å². The largest absolute Gasteiger partial charge is 0.271 e. The van der Waals surface area contributed by atoms with E-state index in [9.17, 15) is 4.39 Å². The van der Waals surface area contributed by atoms with Crippen molar-refractivity contribution in [2.75, 3.05) is 0 Å². The Labute approximate surface area is 118 Å². The van der Waals surface area contributed by atoms with Gasteiger partial charge in [-0.25, -0.2) is 14.1 Å². The highest BCUT2D eigenvalue weighted by Crippen LogP contribution is 2.17. The van der Waals surface area contributed by atoms with Gasteiger partial charge in [0.15, 0.2) is 0 Å². The summed E-state index contributed by atoms with van der Waals surface area (Å²) >= 11 is 0. The van der Waals surface area contributed by atoms with E-state index in [2.05, 4.69) is 29.4 Å². The molecule has 0 aliphatic heterocycles. The Morgan fingerprint density at radius 2 is 2.00 bits per heavy atom. The van der Waals surface area contributed by atoms with E-state index in [4.69, 9.17) is 5.84 Å². The zero-order valence-electron chi connectivity index (χ0n) is 11.8. The summed E-state index contributed by atoms with van der Waals surface area (Å²) in [5, 5.41) is 4.23. The molecule has 108 valence electrons. The molecule has 0 radical (unpaired) electrons. The second-order valence-electron chi connectivity index (χ2n) is 5.23. The van der Waals surface area contributed by atoms with Crippen LogP contribution in [0, 0.1) is 11.7 Å². The van der Waals surface area contributed by atoms with Crippen LogP contribution in [0.2, 0.25) is 0 Å². The van der Waals surface area contributed by atoms with Crippen LogP contribution in [-0.2, 0) is 13.0 Å². The van der Waals surface area contributed by atoms with Gasteiger partial charge in [-0.2, -0.15) is 5.10 Å². The molecule has 0 saturated heterocycles. The quantitative estimate of drug-likeness (QED) is 0.624. The molecule has 6 heteroatoms. The molecule has 0 amide bonds. The zero-order valence-corrected chi connectivity index (χ0v) is 11.8. The molecule has 2 rings (SSSR count). The number of nitrogens with one attached hydrogen (secondary N) is 1. The lowest BCUT2D eigenvalue weighted by Gasteiger charge is -2.17. The zero-order chi connectivity index (χ0) is 14.5. The molecular weight excluding hydrogens is 257 g/mol. The van der Waals surface area contributed by atoms with E-state index in [1.54, 1.807) is 18.5 Å². The molecule has 0 bridgehead atoms. The Balaban J connectivity index is 2.14. The van der Waals surface area contributed by atoms with Crippen molar-refractivity contribution in [2.45, 2.75) is 32.9 Å². The van der Waals surface area contributed by atoms with Gasteiger partial charge >= 0.3 is 0 Å². The van der Waals surface area contributed by atoms with Crippen molar-refractivity contribution in [1.29, 1.82) is 0 Å². The minimum Gasteiger partial charge on any atom is -0.271 e. The highest BCUT2D eigenvalue weighted by molar-refractivity contribution is 5.20. The van der Waals surface area contributed by atoms with Crippen LogP contribution in [0.3, 0.4) is 0 Å². The molecule has 2 aromatic rings. The van der Waals surface area contributed by atoms with Crippen LogP contribution < -0.4 is 11.3 Å². The minimum absolute atomic E-state index is 0.120. The van der Waals surface area contributed by atoms with Crippen molar-refractivity contribution in [3.8, 4) is 0 Å². The molecule has 1 unspecified atom stereocenters. The second-order valence-corrected chi connectivity index (χ2v) is 5.23. The number of nitrogens with two attached hydrogens (primary N) is 1. The number of hydrogen-bond acceptors (Lipinski definition) is 4. The first-order valence-corrected chi connectivity index (χ1v) is 6.68. The van der Waals surface area contributed by atoms with Crippen LogP contribution in [0.15, 0.2) is 30.6 Å². The molecule has 0 fully saturated rings. The number of aromatic nitrogens is 3. The first-order valence-electron chi connectivity index (χ1n) is 6.68. The number of hydrazine groups is 1. The number of hydrogen-bond donors (Lipinski definition) is 2. The molecule has 5 nitrogen and oxygen atoms in total. The Kier molecular flexibility index (Phi) is 4.81. The summed E-state index contributed by atoms with van der Waals surface area (Å²) in [6.45, 7) is 5.07. The van der Waals surface area contributed by atoms with Gasteiger partial charge in [0.25, 0.3) is 0 Å². The van der Waals surface area contributed by atoms with Gasteiger partial charge in [-0.3, -0.25) is 11.3 Å². The Morgan fingerprint density at radius 1 is 1.30 bits per heavy atom. The summed E-state index contributed by atoms with van der Waals surface area (Å²) in [4.78, 5) is 4.28. The number of nitrogens with zero attached hydrogens (tertiary/aromatic N) is 3. The Hall–Kier alpha value is -1.79. The molecular formula is C14H20FN5. The fraction of sp³-hybridized carbons (Fsp3) is 0.429. The molecule has 1 aromatic heterocycles. The topological polar surface area (TPSA) is 68.8 Å². The maximum Gasteiger partial charge on any atom is 0.138 e. The SMILES string of the molecule is CC(C)Cn1ncnc1CC(NN)c1ccc(F)cc1. The van der Waals surface area contributed by atoms with Crippen LogP contribution >= 0.6 is 0 Å². The Morgan fingerprint density at radius 3 is 2.60 bits per heavy atom. The number of halogens is 1. The first kappa shape index (κ1) is 14.6. The van der Waals surface area contributed by atoms with Gasteiger partial charge < -0.3 is 0 Å². The van der Waals surface area contributed by atoms with E-state index in [0.717, 1.165) is 17.9 Å². The minimum atomic E-state index is -0.257. The second kappa shape index (κ2) is 6.58. The lowest BCUT2D eigenvalue weighted by Crippen LogP contribution is -2.30. The fourth-order valence-corrected chi connectivity index (χ4v) is 2.10. The third kappa shape index (κ3) is 3.61. The molecule has 1 heterocycles. The highest BCUT2D eigenvalue weighted by Gasteiger charge is 2.15. The first-order chi connectivity index (χ1) is 9.60. The lowest BCUT2D eigenvalue weighted by atomic mass is 10.0. The van der Waals surface area contributed by atoms with E-state index >= 15 is 0 Å². The maximum absolute atomic E-state index is 13.0. The van der Waals surface area contributed by atoms with Gasteiger partial charge in [0.2, 0.25) is 0 Å². The summed E-state index contributed by atoms with van der Waals surface area (Å²) in [6, 6.07) is 6.19. The van der Waals surface area contributed by atoms with E-state index in [1.807, 2.05) is 4.68 Å². The van der Waals surface area contributed by atoms with Gasteiger partial charge in [0.05, 0.1) is 6.04 Å². The molecule has 3 N–H and O–H groups in total. The van der Waals surface area contributed by atoms with Crippen molar-refractivity contribution < 1.29 is 4.39 Å². The van der Waals surface area contributed by atoms with Crippen LogP contribution in [-0.4, -0.2) is 14.8 Å². The summed E-state index contributed by atoms with van der Waals surface area (Å²) in [6.07, 6.45) is 2.16. The van der Waals surface area contributed by atoms with Gasteiger partial charge in [0.1, 0.15) is 18.0 Å². The van der Waals surface area contributed by atoms with Gasteiger partial charge in [-0.15, -0.1) is 0 Å². The van der Waals surface area contributed by atoms with Crippen molar-refractivity contribution in [3.05, 3.63) is 47.8 Å². The van der Waals surface area contributed by atoms with Crippen molar-refractivity contribution in [3.63, 3.8) is 0 Å². The summed E-state index contributed by atoms with van der Waals surface area (Å²) in [5.41, 5.74) is 3.68. The highest BCUT2D eigenvalue weighted by atomic mass is 19.1. The normalized spacial score (nSPS) is 12.8. The van der Waals surface area contributed by atoms with Gasteiger partial charge in [0, 0.05) is 13.0 Å². The van der Waals surface area contributed by atoms with Crippen LogP contribution in [0.5, 0.6) is 0 Å². The average molecular weight is 277 g/mol. The van der Waals surface area contributed by atoms with E-state index in [1.165, 1.54) is 12.1 Å². The molecule has 0 aliphatic carbocycles. The predicted octanol–water partition coefficient (Wildman–Crippen LogP) is 1.82. The molecule has 1 aromatic carbocycles. The van der Waals surface area contributed by atoms with Gasteiger partial charge in [-0.05, 0) is 23.6 Å². The van der Waals surface area contributed by atoms with Crippen molar-refractivity contribution in [1.82, 2.24) is 20.2 Å². The lowest BCUT2D eigenvalue weighted by molar-refractivity contribution is 0.446. The predicted molar refractivity (Wildman–Crippen MR) is 75.0 cm³/mol. The summed E-state index contributed by atoms with van der Waals surface area (Å²) < 4.78 is 14.8. The molecule has 20 heavy (non-hydrogen) atoms. The third-order valence-corrected chi connectivity index (χ3v) is 3.09. The fourth-order valence-electron chi connectivity index (χ4n) is 2.10. The summed E-state index contributed by atoms with van der Waals surface area (Å²) in [7, 11) is 0. The van der Waals surface area contributed by atoms with Crippen LogP contribution in [0.4, 0.5) is 4.39 Å². The number of rotatable bonds is 6. The number of benzene rings is 1. The molecule has 1 atom stereocenters. The molecule has 0 spiro atoms. The molecule has 0 saturated carbocycles. The van der Waals surface area contributed by atoms with Crippen molar-refractivity contribution >= 4 is 0 Å².